The monoisotopic (exact) mass is 337 g/mol. The van der Waals surface area contributed by atoms with E-state index in [4.69, 9.17) is 4.74 Å². The minimum Gasteiger partial charge on any atom is -0.465 e. The molecule has 0 aliphatic heterocycles. The van der Waals surface area contributed by atoms with Crippen LogP contribution in [0.4, 0.5) is 14.6 Å². The average Bonchev–Trinajstić information content (AvgIpc) is 2.57. The second-order valence-corrected chi connectivity index (χ2v) is 4.94. The van der Waals surface area contributed by atoms with Crippen LogP contribution >= 0.6 is 0 Å². The molecule has 0 unspecified atom stereocenters. The number of alkyl halides is 2. The molecule has 0 fully saturated rings. The Kier molecular flexibility index (Phi) is 5.62. The first kappa shape index (κ1) is 17.6. The predicted octanol–water partition coefficient (Wildman–Crippen LogP) is 2.01. The van der Waals surface area contributed by atoms with Crippen molar-refractivity contribution in [1.82, 2.24) is 9.55 Å². The summed E-state index contributed by atoms with van der Waals surface area (Å²) in [4.78, 5) is 27.3. The van der Waals surface area contributed by atoms with Crippen molar-refractivity contribution in [3.05, 3.63) is 58.6 Å². The number of anilines is 1. The smallest absolute Gasteiger partial charge is 0.326 e. The molecule has 1 N–H and O–H groups in total. The highest BCUT2D eigenvalue weighted by Gasteiger charge is 2.31. The summed E-state index contributed by atoms with van der Waals surface area (Å²) in [5.41, 5.74) is -0.838. The molecule has 0 radical (unpaired) electrons. The lowest BCUT2D eigenvalue weighted by Crippen LogP contribution is -2.31. The van der Waals surface area contributed by atoms with Gasteiger partial charge in [-0.3, -0.25) is 14.2 Å². The number of esters is 1. The van der Waals surface area contributed by atoms with Gasteiger partial charge in [0.05, 0.1) is 13.2 Å². The van der Waals surface area contributed by atoms with E-state index in [0.29, 0.717) is 0 Å². The van der Waals surface area contributed by atoms with Crippen molar-refractivity contribution < 1.29 is 18.3 Å². The van der Waals surface area contributed by atoms with Gasteiger partial charge in [-0.25, -0.2) is 4.98 Å². The molecule has 0 amide bonds. The zero-order valence-corrected chi connectivity index (χ0v) is 13.0. The molecule has 2 rings (SSSR count). The summed E-state index contributed by atoms with van der Waals surface area (Å²) >= 11 is 0. The lowest BCUT2D eigenvalue weighted by atomic mass is 10.1. The molecule has 0 saturated carbocycles. The Hall–Kier alpha value is -2.77. The van der Waals surface area contributed by atoms with E-state index >= 15 is 0 Å². The van der Waals surface area contributed by atoms with Crippen LogP contribution in [-0.2, 0) is 22.0 Å². The van der Waals surface area contributed by atoms with Gasteiger partial charge in [-0.05, 0) is 6.92 Å². The first-order valence-electron chi connectivity index (χ1n) is 7.32. The van der Waals surface area contributed by atoms with Gasteiger partial charge in [0, 0.05) is 18.0 Å². The number of nitrogens with zero attached hydrogens (tertiary/aromatic N) is 2. The number of aromatic nitrogens is 2. The molecule has 1 aromatic heterocycles. The number of carbonyl (C=O) groups is 1. The Bertz CT molecular complexity index is 748. The van der Waals surface area contributed by atoms with Crippen LogP contribution in [0.15, 0.2) is 47.5 Å². The van der Waals surface area contributed by atoms with E-state index in [1.165, 1.54) is 36.7 Å². The van der Waals surface area contributed by atoms with Crippen LogP contribution in [-0.4, -0.2) is 28.7 Å². The zero-order valence-electron chi connectivity index (χ0n) is 13.0. The van der Waals surface area contributed by atoms with Crippen LogP contribution in [0.1, 0.15) is 12.5 Å². The maximum absolute atomic E-state index is 14.1. The van der Waals surface area contributed by atoms with E-state index in [1.807, 2.05) is 0 Å². The van der Waals surface area contributed by atoms with E-state index in [0.717, 1.165) is 4.57 Å². The van der Waals surface area contributed by atoms with E-state index in [2.05, 4.69) is 10.3 Å². The zero-order chi connectivity index (χ0) is 17.6. The second kappa shape index (κ2) is 7.67. The predicted molar refractivity (Wildman–Crippen MR) is 84.0 cm³/mol. The van der Waals surface area contributed by atoms with Gasteiger partial charge in [-0.15, -0.1) is 0 Å². The molecule has 0 atom stereocenters. The summed E-state index contributed by atoms with van der Waals surface area (Å²) in [6.07, 6.45) is 2.55. The van der Waals surface area contributed by atoms with E-state index in [-0.39, 0.29) is 24.5 Å². The van der Waals surface area contributed by atoms with Gasteiger partial charge >= 0.3 is 5.97 Å². The van der Waals surface area contributed by atoms with Gasteiger partial charge in [0.1, 0.15) is 6.54 Å². The molecule has 128 valence electrons. The summed E-state index contributed by atoms with van der Waals surface area (Å²) in [6.45, 7) is 0.737. The molecule has 24 heavy (non-hydrogen) atoms. The number of nitrogens with one attached hydrogen (secondary N) is 1. The number of carbonyl (C=O) groups excluding carboxylic acids is 1. The first-order chi connectivity index (χ1) is 11.4. The summed E-state index contributed by atoms with van der Waals surface area (Å²) < 4.78 is 34.0. The molecule has 2 aromatic rings. The number of halogens is 2. The van der Waals surface area contributed by atoms with Gasteiger partial charge in [-0.2, -0.15) is 8.78 Å². The lowest BCUT2D eigenvalue weighted by Gasteiger charge is -2.17. The van der Waals surface area contributed by atoms with Gasteiger partial charge in [0.25, 0.3) is 11.5 Å². The number of benzene rings is 1. The van der Waals surface area contributed by atoms with Crippen LogP contribution in [0.25, 0.3) is 0 Å². The van der Waals surface area contributed by atoms with Crippen LogP contribution in [0, 0.1) is 0 Å². The molecule has 0 saturated heterocycles. The molecule has 0 aliphatic carbocycles. The Labute approximate surface area is 137 Å². The molecule has 6 nitrogen and oxygen atoms in total. The fourth-order valence-electron chi connectivity index (χ4n) is 2.02. The molecule has 0 spiro atoms. The normalized spacial score (nSPS) is 11.1. The van der Waals surface area contributed by atoms with Crippen molar-refractivity contribution in [1.29, 1.82) is 0 Å². The summed E-state index contributed by atoms with van der Waals surface area (Å²) in [6, 6.07) is 7.27. The van der Waals surface area contributed by atoms with Crippen LogP contribution in [0.2, 0.25) is 0 Å². The minimum atomic E-state index is -3.17. The number of ether oxygens (including phenoxy) is 1. The van der Waals surface area contributed by atoms with Gasteiger partial charge in [0.15, 0.2) is 5.82 Å². The first-order valence-corrected chi connectivity index (χ1v) is 7.32. The molecule has 1 heterocycles. The summed E-state index contributed by atoms with van der Waals surface area (Å²) in [7, 11) is 0. The quantitative estimate of drug-likeness (QED) is 0.783. The van der Waals surface area contributed by atoms with E-state index in [9.17, 15) is 18.4 Å². The highest BCUT2D eigenvalue weighted by Crippen LogP contribution is 2.27. The number of rotatable bonds is 7. The molecular weight excluding hydrogens is 320 g/mol. The van der Waals surface area contributed by atoms with E-state index < -0.39 is 24.0 Å². The molecule has 8 heteroatoms. The van der Waals surface area contributed by atoms with E-state index in [1.54, 1.807) is 13.0 Å². The second-order valence-electron chi connectivity index (χ2n) is 4.94. The van der Waals surface area contributed by atoms with Crippen molar-refractivity contribution in [2.24, 2.45) is 0 Å². The largest absolute Gasteiger partial charge is 0.465 e. The third kappa shape index (κ3) is 4.37. The maximum Gasteiger partial charge on any atom is 0.326 e. The maximum atomic E-state index is 14.1. The van der Waals surface area contributed by atoms with Crippen molar-refractivity contribution in [3.8, 4) is 0 Å². The fourth-order valence-corrected chi connectivity index (χ4v) is 2.02. The van der Waals surface area contributed by atoms with Gasteiger partial charge in [-0.1, -0.05) is 30.3 Å². The average molecular weight is 337 g/mol. The van der Waals surface area contributed by atoms with Crippen LogP contribution in [0.3, 0.4) is 0 Å². The van der Waals surface area contributed by atoms with Gasteiger partial charge < -0.3 is 10.1 Å². The molecule has 1 aromatic carbocycles. The SMILES string of the molecule is CCOC(=O)Cn1ccnc(NCC(F)(F)c2ccccc2)c1=O. The molecular formula is C16H17F2N3O3. The standard InChI is InChI=1S/C16H17F2N3O3/c1-2-24-13(22)10-21-9-8-19-14(15(21)23)20-11-16(17,18)12-6-4-3-5-7-12/h3-9H,2,10-11H2,1H3,(H,19,20). The summed E-state index contributed by atoms with van der Waals surface area (Å²) in [5.74, 6) is -4.01. The highest BCUT2D eigenvalue weighted by molar-refractivity contribution is 5.69. The summed E-state index contributed by atoms with van der Waals surface area (Å²) in [5, 5.41) is 2.35. The van der Waals surface area contributed by atoms with Crippen molar-refractivity contribution >= 4 is 11.8 Å². The Balaban J connectivity index is 2.10. The third-order valence-corrected chi connectivity index (χ3v) is 3.19. The lowest BCUT2D eigenvalue weighted by molar-refractivity contribution is -0.143. The minimum absolute atomic E-state index is 0.166. The van der Waals surface area contributed by atoms with Crippen molar-refractivity contribution in [2.75, 3.05) is 18.5 Å². The Morgan fingerprint density at radius 2 is 2.04 bits per heavy atom. The number of hydrogen-bond donors (Lipinski definition) is 1. The number of hydrogen-bond acceptors (Lipinski definition) is 5. The van der Waals surface area contributed by atoms with Crippen molar-refractivity contribution in [3.63, 3.8) is 0 Å². The van der Waals surface area contributed by atoms with Crippen molar-refractivity contribution in [2.45, 2.75) is 19.4 Å². The topological polar surface area (TPSA) is 73.2 Å². The highest BCUT2D eigenvalue weighted by atomic mass is 19.3. The Morgan fingerprint density at radius 3 is 2.71 bits per heavy atom. The van der Waals surface area contributed by atoms with Gasteiger partial charge in [0.2, 0.25) is 0 Å². The Morgan fingerprint density at radius 1 is 1.33 bits per heavy atom. The third-order valence-electron chi connectivity index (χ3n) is 3.19. The fraction of sp³-hybridized carbons (Fsp3) is 0.312. The molecule has 0 bridgehead atoms. The van der Waals surface area contributed by atoms with Crippen LogP contribution < -0.4 is 10.9 Å². The molecule has 0 aliphatic rings. The van der Waals surface area contributed by atoms with Crippen LogP contribution in [0.5, 0.6) is 0 Å².